The highest BCUT2D eigenvalue weighted by atomic mass is 35.5. The Morgan fingerprint density at radius 2 is 2.14 bits per heavy atom. The fourth-order valence-electron chi connectivity index (χ4n) is 2.21. The third-order valence-electron chi connectivity index (χ3n) is 3.21. The van der Waals surface area contributed by atoms with E-state index in [0.717, 1.165) is 16.4 Å². The highest BCUT2D eigenvalue weighted by Crippen LogP contribution is 2.27. The number of halogens is 2. The van der Waals surface area contributed by atoms with Gasteiger partial charge in [0.25, 0.3) is 0 Å². The molecule has 0 aromatic heterocycles. The van der Waals surface area contributed by atoms with Crippen molar-refractivity contribution in [1.29, 1.82) is 0 Å². The minimum atomic E-state index is -4.12. The van der Waals surface area contributed by atoms with Crippen LogP contribution in [-0.4, -0.2) is 36.4 Å². The third kappa shape index (κ3) is 3.63. The Kier molecular flexibility index (Phi) is 4.70. The SMILES string of the molecule is O=C(O)C1CCCCN1S(=O)(=O)Nc1cc(F)ccc1Cl. The first-order valence-corrected chi connectivity index (χ1v) is 8.10. The zero-order chi connectivity index (χ0) is 15.6. The van der Waals surface area contributed by atoms with Gasteiger partial charge in [0.15, 0.2) is 0 Å². The van der Waals surface area contributed by atoms with Gasteiger partial charge in [-0.2, -0.15) is 12.7 Å². The van der Waals surface area contributed by atoms with Gasteiger partial charge in [0.1, 0.15) is 11.9 Å². The number of hydrogen-bond donors (Lipinski definition) is 2. The number of anilines is 1. The number of carboxylic acids is 1. The predicted octanol–water partition coefficient (Wildman–Crippen LogP) is 2.07. The summed E-state index contributed by atoms with van der Waals surface area (Å²) in [5.41, 5.74) is -0.119. The number of nitrogens with zero attached hydrogens (tertiary/aromatic N) is 1. The van der Waals surface area contributed by atoms with Crippen LogP contribution in [0.3, 0.4) is 0 Å². The van der Waals surface area contributed by atoms with Crippen LogP contribution < -0.4 is 4.72 Å². The lowest BCUT2D eigenvalue weighted by Crippen LogP contribution is -2.49. The van der Waals surface area contributed by atoms with Gasteiger partial charge in [0.05, 0.1) is 10.7 Å². The minimum absolute atomic E-state index is 0.0314. The van der Waals surface area contributed by atoms with Gasteiger partial charge in [0, 0.05) is 6.54 Å². The number of carbonyl (C=O) groups is 1. The standard InChI is InChI=1S/C12H14ClFN2O4S/c13-9-5-4-8(14)7-10(9)15-21(19,20)16-6-2-1-3-11(16)12(17)18/h4-5,7,11,15H,1-3,6H2,(H,17,18). The first kappa shape index (κ1) is 16.0. The van der Waals surface area contributed by atoms with Gasteiger partial charge >= 0.3 is 16.2 Å². The summed E-state index contributed by atoms with van der Waals surface area (Å²) in [6, 6.07) is 2.14. The molecule has 1 saturated heterocycles. The summed E-state index contributed by atoms with van der Waals surface area (Å²) >= 11 is 5.81. The van der Waals surface area contributed by atoms with Gasteiger partial charge in [0.2, 0.25) is 0 Å². The van der Waals surface area contributed by atoms with Crippen LogP contribution in [0.2, 0.25) is 5.02 Å². The molecule has 1 fully saturated rings. The molecular formula is C12H14ClFN2O4S. The van der Waals surface area contributed by atoms with E-state index in [0.29, 0.717) is 12.8 Å². The number of rotatable bonds is 4. The summed E-state index contributed by atoms with van der Waals surface area (Å²) in [4.78, 5) is 11.2. The smallest absolute Gasteiger partial charge is 0.322 e. The Hall–Kier alpha value is -1.38. The van der Waals surface area contributed by atoms with Crippen LogP contribution in [0.15, 0.2) is 18.2 Å². The molecule has 0 saturated carbocycles. The van der Waals surface area contributed by atoms with Crippen molar-refractivity contribution in [3.8, 4) is 0 Å². The van der Waals surface area contributed by atoms with Crippen LogP contribution in [0.25, 0.3) is 0 Å². The average molecular weight is 337 g/mol. The topological polar surface area (TPSA) is 86.7 Å². The normalized spacial score (nSPS) is 20.2. The van der Waals surface area contributed by atoms with Crippen molar-refractivity contribution in [2.75, 3.05) is 11.3 Å². The monoisotopic (exact) mass is 336 g/mol. The molecule has 1 aromatic carbocycles. The number of hydrogen-bond acceptors (Lipinski definition) is 3. The molecule has 0 aliphatic carbocycles. The van der Waals surface area contributed by atoms with Crippen LogP contribution >= 0.6 is 11.6 Å². The molecule has 1 aliphatic rings. The first-order chi connectivity index (χ1) is 9.81. The predicted molar refractivity (Wildman–Crippen MR) is 75.9 cm³/mol. The second-order valence-corrected chi connectivity index (χ2v) is 6.72. The van der Waals surface area contributed by atoms with Gasteiger partial charge in [-0.05, 0) is 37.5 Å². The fourth-order valence-corrected chi connectivity index (χ4v) is 3.90. The Balaban J connectivity index is 2.28. The summed E-state index contributed by atoms with van der Waals surface area (Å²) in [6.45, 7) is 0.0965. The molecule has 0 spiro atoms. The molecule has 1 aromatic rings. The summed E-state index contributed by atoms with van der Waals surface area (Å²) < 4.78 is 40.8. The van der Waals surface area contributed by atoms with Crippen molar-refractivity contribution in [3.63, 3.8) is 0 Å². The van der Waals surface area contributed by atoms with Crippen LogP contribution in [-0.2, 0) is 15.0 Å². The maximum absolute atomic E-state index is 13.2. The van der Waals surface area contributed by atoms with E-state index in [2.05, 4.69) is 4.72 Å². The molecule has 2 N–H and O–H groups in total. The van der Waals surface area contributed by atoms with Crippen molar-refractivity contribution in [3.05, 3.63) is 29.0 Å². The van der Waals surface area contributed by atoms with Gasteiger partial charge < -0.3 is 5.11 Å². The molecule has 116 valence electrons. The second kappa shape index (κ2) is 6.17. The van der Waals surface area contributed by atoms with E-state index in [1.54, 1.807) is 0 Å². The summed E-state index contributed by atoms with van der Waals surface area (Å²) in [7, 11) is -4.12. The van der Waals surface area contributed by atoms with E-state index >= 15 is 0 Å². The number of benzene rings is 1. The molecule has 21 heavy (non-hydrogen) atoms. The van der Waals surface area contributed by atoms with Crippen LogP contribution in [0, 0.1) is 5.82 Å². The van der Waals surface area contributed by atoms with Crippen LogP contribution in [0.1, 0.15) is 19.3 Å². The highest BCUT2D eigenvalue weighted by Gasteiger charge is 2.37. The lowest BCUT2D eigenvalue weighted by Gasteiger charge is -2.32. The first-order valence-electron chi connectivity index (χ1n) is 6.29. The fraction of sp³-hybridized carbons (Fsp3) is 0.417. The quantitative estimate of drug-likeness (QED) is 0.881. The Labute approximate surface area is 126 Å². The lowest BCUT2D eigenvalue weighted by atomic mass is 10.1. The molecule has 0 bridgehead atoms. The van der Waals surface area contributed by atoms with Crippen molar-refractivity contribution >= 4 is 33.5 Å². The van der Waals surface area contributed by atoms with Crippen molar-refractivity contribution in [2.24, 2.45) is 0 Å². The lowest BCUT2D eigenvalue weighted by molar-refractivity contribution is -0.142. The number of nitrogens with one attached hydrogen (secondary N) is 1. The maximum Gasteiger partial charge on any atom is 0.322 e. The molecule has 0 amide bonds. The van der Waals surface area contributed by atoms with Crippen LogP contribution in [0.4, 0.5) is 10.1 Å². The molecular weight excluding hydrogens is 323 g/mol. The van der Waals surface area contributed by atoms with Gasteiger partial charge in [-0.25, -0.2) is 4.39 Å². The van der Waals surface area contributed by atoms with Gasteiger partial charge in [-0.1, -0.05) is 11.6 Å². The summed E-state index contributed by atoms with van der Waals surface area (Å²) in [5, 5.41) is 9.15. The largest absolute Gasteiger partial charge is 0.480 e. The van der Waals surface area contributed by atoms with E-state index in [9.17, 15) is 17.6 Å². The van der Waals surface area contributed by atoms with Gasteiger partial charge in [-0.15, -0.1) is 0 Å². The number of aliphatic carboxylic acids is 1. The molecule has 1 heterocycles. The molecule has 1 atom stereocenters. The number of carboxylic acid groups (broad SMARTS) is 1. The Morgan fingerprint density at radius 1 is 1.43 bits per heavy atom. The highest BCUT2D eigenvalue weighted by molar-refractivity contribution is 7.90. The second-order valence-electron chi connectivity index (χ2n) is 4.69. The molecule has 1 unspecified atom stereocenters. The van der Waals surface area contributed by atoms with Crippen molar-refractivity contribution < 1.29 is 22.7 Å². The molecule has 9 heteroatoms. The van der Waals surface area contributed by atoms with E-state index < -0.39 is 28.0 Å². The van der Waals surface area contributed by atoms with Crippen molar-refractivity contribution in [1.82, 2.24) is 4.31 Å². The molecule has 0 radical (unpaired) electrons. The van der Waals surface area contributed by atoms with E-state index in [1.807, 2.05) is 0 Å². The summed E-state index contributed by atoms with van der Waals surface area (Å²) in [5.74, 6) is -1.85. The van der Waals surface area contributed by atoms with E-state index in [-0.39, 0.29) is 23.7 Å². The van der Waals surface area contributed by atoms with Gasteiger partial charge in [-0.3, -0.25) is 9.52 Å². The molecule has 6 nitrogen and oxygen atoms in total. The van der Waals surface area contributed by atoms with E-state index in [1.165, 1.54) is 6.07 Å². The van der Waals surface area contributed by atoms with Crippen LogP contribution in [0.5, 0.6) is 0 Å². The zero-order valence-corrected chi connectivity index (χ0v) is 12.5. The third-order valence-corrected chi connectivity index (χ3v) is 5.08. The minimum Gasteiger partial charge on any atom is -0.480 e. The summed E-state index contributed by atoms with van der Waals surface area (Å²) in [6.07, 6.45) is 1.46. The Bertz CT molecular complexity index is 653. The Morgan fingerprint density at radius 3 is 2.81 bits per heavy atom. The number of piperidine rings is 1. The maximum atomic E-state index is 13.2. The van der Waals surface area contributed by atoms with Crippen molar-refractivity contribution in [2.45, 2.75) is 25.3 Å². The molecule has 2 rings (SSSR count). The zero-order valence-electron chi connectivity index (χ0n) is 10.9. The average Bonchev–Trinajstić information content (AvgIpc) is 2.42. The molecule has 1 aliphatic heterocycles. The van der Waals surface area contributed by atoms with E-state index in [4.69, 9.17) is 16.7 Å².